The first kappa shape index (κ1) is 23.9. The van der Waals surface area contributed by atoms with E-state index in [4.69, 9.17) is 14.5 Å². The molecule has 1 aliphatic rings. The third-order valence-electron chi connectivity index (χ3n) is 4.72. The average Bonchev–Trinajstić information content (AvgIpc) is 3.40. The van der Waals surface area contributed by atoms with E-state index in [1.54, 1.807) is 18.2 Å². The third-order valence-corrected chi connectivity index (χ3v) is 4.72. The lowest BCUT2D eigenvalue weighted by atomic mass is 10.0. The summed E-state index contributed by atoms with van der Waals surface area (Å²) in [5.74, 6) is 0.823. The van der Waals surface area contributed by atoms with Crippen molar-refractivity contribution in [1.82, 2.24) is 10.2 Å². The molecule has 1 aromatic carbocycles. The summed E-state index contributed by atoms with van der Waals surface area (Å²) in [7, 11) is 1.98. The number of ether oxygens (including phenoxy) is 2. The number of nitrogens with one attached hydrogen (secondary N) is 1. The summed E-state index contributed by atoms with van der Waals surface area (Å²) < 4.78 is 24.6. The largest absolute Gasteiger partial charge is 0.489 e. The zero-order chi connectivity index (χ0) is 18.8. The maximum Gasteiger partial charge on any atom is 0.193 e. The van der Waals surface area contributed by atoms with Gasteiger partial charge in [-0.2, -0.15) is 0 Å². The molecule has 1 aromatic rings. The number of hydrogen-bond acceptors (Lipinski definition) is 3. The highest BCUT2D eigenvalue weighted by Gasteiger charge is 2.42. The Labute approximate surface area is 179 Å². The van der Waals surface area contributed by atoms with Crippen LogP contribution in [0.15, 0.2) is 29.3 Å². The van der Waals surface area contributed by atoms with Gasteiger partial charge in [-0.1, -0.05) is 12.1 Å². The summed E-state index contributed by atoms with van der Waals surface area (Å²) in [5, 5.41) is 3.33. The molecule has 1 N–H and O–H groups in total. The van der Waals surface area contributed by atoms with Crippen LogP contribution in [0.5, 0.6) is 5.75 Å². The van der Waals surface area contributed by atoms with Crippen LogP contribution < -0.4 is 10.1 Å². The fourth-order valence-corrected chi connectivity index (χ4v) is 2.77. The van der Waals surface area contributed by atoms with Crippen LogP contribution >= 0.6 is 24.0 Å². The molecule has 0 heterocycles. The minimum atomic E-state index is -0.333. The lowest BCUT2D eigenvalue weighted by Gasteiger charge is -2.23. The van der Waals surface area contributed by atoms with E-state index in [9.17, 15) is 4.39 Å². The maximum atomic E-state index is 13.6. The Morgan fingerprint density at radius 2 is 2.00 bits per heavy atom. The van der Waals surface area contributed by atoms with Crippen molar-refractivity contribution < 1.29 is 13.9 Å². The number of aliphatic imine (C=N–C) groups is 1. The molecule has 7 heteroatoms. The van der Waals surface area contributed by atoms with Crippen LogP contribution in [0.3, 0.4) is 0 Å². The van der Waals surface area contributed by atoms with Crippen LogP contribution in [0.4, 0.5) is 4.39 Å². The van der Waals surface area contributed by atoms with E-state index >= 15 is 0 Å². The minimum absolute atomic E-state index is 0. The maximum absolute atomic E-state index is 13.6. The molecular formula is C20H33FIN3O2. The second kappa shape index (κ2) is 12.4. The predicted molar refractivity (Wildman–Crippen MR) is 119 cm³/mol. The number of likely N-dealkylation sites (N-methyl/N-ethyl adjacent to an activating group) is 1. The van der Waals surface area contributed by atoms with Crippen LogP contribution in [0.2, 0.25) is 0 Å². The first-order valence-electron chi connectivity index (χ1n) is 9.55. The summed E-state index contributed by atoms with van der Waals surface area (Å²) >= 11 is 0. The van der Waals surface area contributed by atoms with Crippen molar-refractivity contribution in [3.8, 4) is 5.75 Å². The highest BCUT2D eigenvalue weighted by molar-refractivity contribution is 14.0. The monoisotopic (exact) mass is 493 g/mol. The van der Waals surface area contributed by atoms with Crippen molar-refractivity contribution in [2.45, 2.75) is 33.1 Å². The van der Waals surface area contributed by atoms with Gasteiger partial charge in [-0.3, -0.25) is 4.99 Å². The van der Waals surface area contributed by atoms with Crippen LogP contribution in [0.1, 0.15) is 33.1 Å². The van der Waals surface area contributed by atoms with Crippen LogP contribution in [-0.2, 0) is 4.74 Å². The molecule has 0 atom stereocenters. The van der Waals surface area contributed by atoms with E-state index in [2.05, 4.69) is 12.2 Å². The number of hydrogen-bond donors (Lipinski definition) is 1. The molecule has 27 heavy (non-hydrogen) atoms. The van der Waals surface area contributed by atoms with Crippen LogP contribution in [0.25, 0.3) is 0 Å². The molecular weight excluding hydrogens is 460 g/mol. The minimum Gasteiger partial charge on any atom is -0.489 e. The van der Waals surface area contributed by atoms with Crippen molar-refractivity contribution in [2.24, 2.45) is 10.4 Å². The number of guanidine groups is 1. The molecule has 0 unspecified atom stereocenters. The van der Waals surface area contributed by atoms with Crippen molar-refractivity contribution in [2.75, 3.05) is 46.5 Å². The molecule has 0 radical (unpaired) electrons. The second-order valence-electron chi connectivity index (χ2n) is 6.82. The Bertz CT molecular complexity index is 582. The zero-order valence-electron chi connectivity index (χ0n) is 16.7. The van der Waals surface area contributed by atoms with Gasteiger partial charge < -0.3 is 19.7 Å². The van der Waals surface area contributed by atoms with Gasteiger partial charge in [-0.05, 0) is 50.7 Å². The van der Waals surface area contributed by atoms with Gasteiger partial charge >= 0.3 is 0 Å². The molecule has 0 bridgehead atoms. The third kappa shape index (κ3) is 8.21. The number of rotatable bonds is 11. The standard InChI is InChI=1S/C20H32FN3O2.HI/c1-4-22-19(23-16-20(10-11-20)12-14-25-5-2)24(3)13-15-26-18-9-7-6-8-17(18)21;/h6-9H,4-5,10-16H2,1-3H3,(H,22,23);1H. The molecule has 1 aliphatic carbocycles. The lowest BCUT2D eigenvalue weighted by molar-refractivity contribution is 0.129. The lowest BCUT2D eigenvalue weighted by Crippen LogP contribution is -2.41. The molecule has 0 aliphatic heterocycles. The summed E-state index contributed by atoms with van der Waals surface area (Å²) in [6.45, 7) is 8.33. The van der Waals surface area contributed by atoms with Crippen LogP contribution in [-0.4, -0.2) is 57.4 Å². The summed E-state index contributed by atoms with van der Waals surface area (Å²) in [6, 6.07) is 6.47. The topological polar surface area (TPSA) is 46.1 Å². The van der Waals surface area contributed by atoms with Gasteiger partial charge in [0.2, 0.25) is 0 Å². The smallest absolute Gasteiger partial charge is 0.193 e. The molecule has 0 saturated heterocycles. The second-order valence-corrected chi connectivity index (χ2v) is 6.82. The number of nitrogens with zero attached hydrogens (tertiary/aromatic N) is 2. The van der Waals surface area contributed by atoms with Gasteiger partial charge in [-0.15, -0.1) is 24.0 Å². The normalized spacial score (nSPS) is 15.0. The van der Waals surface area contributed by atoms with Gasteiger partial charge in [0.05, 0.1) is 6.54 Å². The predicted octanol–water partition coefficient (Wildman–Crippen LogP) is 3.93. The Hall–Kier alpha value is -1.09. The SMILES string of the molecule is CCNC(=NCC1(CCOCC)CC1)N(C)CCOc1ccccc1F.I. The van der Waals surface area contributed by atoms with Gasteiger partial charge in [0, 0.05) is 33.4 Å². The summed E-state index contributed by atoms with van der Waals surface area (Å²) in [5.41, 5.74) is 0.320. The van der Waals surface area contributed by atoms with E-state index in [-0.39, 0.29) is 35.5 Å². The number of para-hydroxylation sites is 1. The first-order chi connectivity index (χ1) is 12.6. The van der Waals surface area contributed by atoms with Crippen molar-refractivity contribution in [3.05, 3.63) is 30.1 Å². The highest BCUT2D eigenvalue weighted by Crippen LogP contribution is 2.49. The molecule has 0 aromatic heterocycles. The van der Waals surface area contributed by atoms with Crippen LogP contribution in [0, 0.1) is 11.2 Å². The van der Waals surface area contributed by atoms with Gasteiger partial charge in [0.1, 0.15) is 6.61 Å². The molecule has 0 amide bonds. The van der Waals surface area contributed by atoms with Gasteiger partial charge in [0.25, 0.3) is 0 Å². The molecule has 154 valence electrons. The van der Waals surface area contributed by atoms with Crippen molar-refractivity contribution in [1.29, 1.82) is 0 Å². The molecule has 0 spiro atoms. The Morgan fingerprint density at radius 1 is 1.26 bits per heavy atom. The summed E-state index contributed by atoms with van der Waals surface area (Å²) in [4.78, 5) is 6.85. The molecule has 1 saturated carbocycles. The molecule has 5 nitrogen and oxygen atoms in total. The van der Waals surface area contributed by atoms with Crippen molar-refractivity contribution >= 4 is 29.9 Å². The fourth-order valence-electron chi connectivity index (χ4n) is 2.77. The highest BCUT2D eigenvalue weighted by atomic mass is 127. The quantitative estimate of drug-likeness (QED) is 0.220. The fraction of sp³-hybridized carbons (Fsp3) is 0.650. The van der Waals surface area contributed by atoms with E-state index < -0.39 is 0 Å². The summed E-state index contributed by atoms with van der Waals surface area (Å²) in [6.07, 6.45) is 3.52. The van der Waals surface area contributed by atoms with Gasteiger partial charge in [0.15, 0.2) is 17.5 Å². The first-order valence-corrected chi connectivity index (χ1v) is 9.55. The number of benzene rings is 1. The van der Waals surface area contributed by atoms with Crippen molar-refractivity contribution in [3.63, 3.8) is 0 Å². The van der Waals surface area contributed by atoms with Gasteiger partial charge in [-0.25, -0.2) is 4.39 Å². The zero-order valence-corrected chi connectivity index (χ0v) is 19.0. The van der Waals surface area contributed by atoms with E-state index in [1.807, 2.05) is 18.9 Å². The molecule has 2 rings (SSSR count). The van der Waals surface area contributed by atoms with E-state index in [0.717, 1.165) is 38.7 Å². The Balaban J connectivity index is 0.00000364. The van der Waals surface area contributed by atoms with E-state index in [0.29, 0.717) is 18.6 Å². The number of halogens is 2. The average molecular weight is 493 g/mol. The molecule has 1 fully saturated rings. The Morgan fingerprint density at radius 3 is 2.63 bits per heavy atom. The Kier molecular flexibility index (Phi) is 11.0. The van der Waals surface area contributed by atoms with E-state index in [1.165, 1.54) is 18.9 Å².